The lowest BCUT2D eigenvalue weighted by atomic mass is 10.1. The van der Waals surface area contributed by atoms with Crippen molar-refractivity contribution in [1.82, 2.24) is 19.7 Å². The predicted molar refractivity (Wildman–Crippen MR) is 163 cm³/mol. The van der Waals surface area contributed by atoms with Crippen LogP contribution in [0.3, 0.4) is 0 Å². The second-order valence-corrected chi connectivity index (χ2v) is 13.4. The molecule has 3 heterocycles. The van der Waals surface area contributed by atoms with Crippen LogP contribution in [0.25, 0.3) is 47.3 Å². The molecule has 0 aliphatic heterocycles. The lowest BCUT2D eigenvalue weighted by Crippen LogP contribution is -2.27. The first-order valence-corrected chi connectivity index (χ1v) is 15.8. The molecule has 0 aliphatic carbocycles. The van der Waals surface area contributed by atoms with Gasteiger partial charge in [0.05, 0.1) is 42.1 Å². The fourth-order valence-corrected chi connectivity index (χ4v) is 8.15. The van der Waals surface area contributed by atoms with Gasteiger partial charge < -0.3 is 0 Å². The third-order valence-corrected chi connectivity index (χ3v) is 10.5. The zero-order chi connectivity index (χ0) is 28.1. The van der Waals surface area contributed by atoms with Gasteiger partial charge in [-0.15, -0.1) is 22.7 Å². The van der Waals surface area contributed by atoms with Gasteiger partial charge in [0, 0.05) is 0 Å². The first-order chi connectivity index (χ1) is 19.9. The molecular weight excluding hydrogens is 571 g/mol. The topological polar surface area (TPSA) is 102 Å². The Labute approximate surface area is 243 Å². The zero-order valence-electron chi connectivity index (χ0n) is 21.6. The SMILES string of the molecule is Cc1ccc(-n2nc(S(=O)(=O)c3ccccc3)c(-c3nc4ccccc4s3)c(-c3nc4ccccc4s3)c2=N)cc1. The highest BCUT2D eigenvalue weighted by Crippen LogP contribution is 2.41. The van der Waals surface area contributed by atoms with Crippen molar-refractivity contribution in [2.45, 2.75) is 16.8 Å². The molecule has 41 heavy (non-hydrogen) atoms. The Morgan fingerprint density at radius 1 is 0.683 bits per heavy atom. The van der Waals surface area contributed by atoms with E-state index in [1.807, 2.05) is 79.7 Å². The molecule has 0 saturated heterocycles. The highest BCUT2D eigenvalue weighted by Gasteiger charge is 2.32. The summed E-state index contributed by atoms with van der Waals surface area (Å²) in [4.78, 5) is 9.82. The number of para-hydroxylation sites is 2. The van der Waals surface area contributed by atoms with Crippen LogP contribution in [0, 0.1) is 12.3 Å². The van der Waals surface area contributed by atoms with Crippen LogP contribution >= 0.6 is 22.7 Å². The van der Waals surface area contributed by atoms with Crippen molar-refractivity contribution in [3.05, 3.63) is 114 Å². The summed E-state index contributed by atoms with van der Waals surface area (Å²) in [6.45, 7) is 1.97. The average Bonchev–Trinajstić information content (AvgIpc) is 3.62. The van der Waals surface area contributed by atoms with Crippen molar-refractivity contribution in [3.8, 4) is 26.8 Å². The van der Waals surface area contributed by atoms with Crippen LogP contribution in [0.1, 0.15) is 5.56 Å². The van der Waals surface area contributed by atoms with Gasteiger partial charge in [-0.2, -0.15) is 5.10 Å². The van der Waals surface area contributed by atoms with Gasteiger partial charge in [0.2, 0.25) is 9.84 Å². The third kappa shape index (κ3) is 4.37. The first kappa shape index (κ1) is 25.5. The van der Waals surface area contributed by atoms with Gasteiger partial charge in [-0.25, -0.2) is 23.1 Å². The van der Waals surface area contributed by atoms with Crippen molar-refractivity contribution < 1.29 is 8.42 Å². The number of aromatic nitrogens is 4. The number of aryl methyl sites for hydroxylation is 1. The van der Waals surface area contributed by atoms with E-state index in [1.54, 1.807) is 30.3 Å². The average molecular weight is 592 g/mol. The molecule has 7 rings (SSSR count). The van der Waals surface area contributed by atoms with Gasteiger partial charge in [0.15, 0.2) is 10.5 Å². The second-order valence-electron chi connectivity index (χ2n) is 9.44. The quantitative estimate of drug-likeness (QED) is 0.231. The molecule has 4 aromatic carbocycles. The third-order valence-electron chi connectivity index (χ3n) is 6.71. The molecule has 10 heteroatoms. The molecule has 200 valence electrons. The van der Waals surface area contributed by atoms with Crippen LogP contribution in [0.4, 0.5) is 0 Å². The van der Waals surface area contributed by atoms with Crippen molar-refractivity contribution >= 4 is 52.9 Å². The second kappa shape index (κ2) is 9.84. The molecule has 7 aromatic rings. The van der Waals surface area contributed by atoms with Gasteiger partial charge in [0.25, 0.3) is 0 Å². The van der Waals surface area contributed by atoms with Gasteiger partial charge in [-0.3, -0.25) is 5.41 Å². The minimum atomic E-state index is -4.14. The van der Waals surface area contributed by atoms with E-state index in [-0.39, 0.29) is 21.0 Å². The summed E-state index contributed by atoms with van der Waals surface area (Å²) < 4.78 is 32.0. The minimum Gasteiger partial charge on any atom is -0.282 e. The van der Waals surface area contributed by atoms with E-state index in [2.05, 4.69) is 0 Å². The Bertz CT molecular complexity index is 2190. The van der Waals surface area contributed by atoms with Crippen LogP contribution in [0.5, 0.6) is 0 Å². The zero-order valence-corrected chi connectivity index (χ0v) is 24.1. The van der Waals surface area contributed by atoms with E-state index in [0.29, 0.717) is 21.3 Å². The lowest BCUT2D eigenvalue weighted by Gasteiger charge is -2.16. The summed E-state index contributed by atoms with van der Waals surface area (Å²) in [6, 6.07) is 31.1. The molecule has 0 amide bonds. The van der Waals surface area contributed by atoms with E-state index >= 15 is 0 Å². The fourth-order valence-electron chi connectivity index (χ4n) is 4.66. The van der Waals surface area contributed by atoms with Crippen LogP contribution in [-0.4, -0.2) is 28.2 Å². The van der Waals surface area contributed by atoms with E-state index in [1.165, 1.54) is 27.4 Å². The fraction of sp³-hybridized carbons (Fsp3) is 0.0323. The molecule has 3 aromatic heterocycles. The number of hydrogen-bond acceptors (Lipinski definition) is 8. The van der Waals surface area contributed by atoms with Gasteiger partial charge >= 0.3 is 0 Å². The molecule has 7 nitrogen and oxygen atoms in total. The highest BCUT2D eigenvalue weighted by atomic mass is 32.2. The maximum atomic E-state index is 14.4. The first-order valence-electron chi connectivity index (χ1n) is 12.7. The van der Waals surface area contributed by atoms with Crippen molar-refractivity contribution in [2.75, 3.05) is 0 Å². The Hall–Kier alpha value is -4.51. The van der Waals surface area contributed by atoms with Crippen molar-refractivity contribution in [1.29, 1.82) is 5.41 Å². The molecule has 0 saturated carbocycles. The maximum absolute atomic E-state index is 14.4. The van der Waals surface area contributed by atoms with Gasteiger partial charge in [0.1, 0.15) is 10.0 Å². The molecule has 0 unspecified atom stereocenters. The van der Waals surface area contributed by atoms with Crippen LogP contribution in [0.2, 0.25) is 0 Å². The number of thiazole rings is 2. The van der Waals surface area contributed by atoms with Gasteiger partial charge in [-0.1, -0.05) is 60.2 Å². The Balaban J connectivity index is 1.65. The molecule has 1 N–H and O–H groups in total. The van der Waals surface area contributed by atoms with Gasteiger partial charge in [-0.05, 0) is 55.5 Å². The Kier molecular flexibility index (Phi) is 6.11. The standard InChI is InChI=1S/C31H21N5O2S3/c1-19-15-17-20(18-16-19)36-28(32)26(29-33-22-11-5-7-13-24(22)39-29)27(30-34-23-12-6-8-14-25(23)40-30)31(35-36)41(37,38)21-9-3-2-4-10-21/h2-18,32H,1H3. The minimum absolute atomic E-state index is 0.0224. The summed E-state index contributed by atoms with van der Waals surface area (Å²) in [7, 11) is -4.14. The predicted octanol–water partition coefficient (Wildman–Crippen LogP) is 7.05. The molecule has 0 fully saturated rings. The van der Waals surface area contributed by atoms with Crippen LogP contribution in [-0.2, 0) is 9.84 Å². The highest BCUT2D eigenvalue weighted by molar-refractivity contribution is 7.91. The van der Waals surface area contributed by atoms with Crippen molar-refractivity contribution in [2.24, 2.45) is 0 Å². The number of hydrogen-bond donors (Lipinski definition) is 1. The Morgan fingerprint density at radius 3 is 1.80 bits per heavy atom. The Morgan fingerprint density at radius 2 is 1.22 bits per heavy atom. The number of rotatable bonds is 5. The normalized spacial score (nSPS) is 11.8. The summed E-state index contributed by atoms with van der Waals surface area (Å²) in [5.74, 6) is 0. The largest absolute Gasteiger partial charge is 0.282 e. The number of nitrogens with one attached hydrogen (secondary N) is 1. The molecule has 0 spiro atoms. The molecular formula is C31H21N5O2S3. The molecule has 0 radical (unpaired) electrons. The summed E-state index contributed by atoms with van der Waals surface area (Å²) in [5, 5.41) is 14.9. The molecule has 0 aliphatic rings. The van der Waals surface area contributed by atoms with E-state index in [0.717, 1.165) is 26.0 Å². The maximum Gasteiger partial charge on any atom is 0.226 e. The smallest absolute Gasteiger partial charge is 0.226 e. The molecule has 0 atom stereocenters. The summed E-state index contributed by atoms with van der Waals surface area (Å²) in [5.41, 5.74) is 3.80. The number of nitrogens with zero attached hydrogens (tertiary/aromatic N) is 4. The monoisotopic (exact) mass is 591 g/mol. The van der Waals surface area contributed by atoms with E-state index < -0.39 is 9.84 Å². The summed E-state index contributed by atoms with van der Waals surface area (Å²) >= 11 is 2.78. The number of fused-ring (bicyclic) bond motifs is 2. The lowest BCUT2D eigenvalue weighted by molar-refractivity contribution is 0.585. The molecule has 0 bridgehead atoms. The van der Waals surface area contributed by atoms with Crippen LogP contribution < -0.4 is 5.49 Å². The van der Waals surface area contributed by atoms with Crippen LogP contribution in [0.15, 0.2) is 113 Å². The summed E-state index contributed by atoms with van der Waals surface area (Å²) in [6.07, 6.45) is 0. The number of benzene rings is 4. The van der Waals surface area contributed by atoms with Crippen molar-refractivity contribution in [3.63, 3.8) is 0 Å². The van der Waals surface area contributed by atoms with E-state index in [9.17, 15) is 13.8 Å². The number of sulfone groups is 1. The van der Waals surface area contributed by atoms with E-state index in [4.69, 9.17) is 15.1 Å².